The fraction of sp³-hybridized carbons (Fsp3) is 0.385. The number of amides is 1. The number of nitrogens with one attached hydrogen (secondary N) is 1. The Labute approximate surface area is 106 Å². The van der Waals surface area contributed by atoms with Crippen molar-refractivity contribution < 1.29 is 14.7 Å². The normalized spacial score (nSPS) is 11.9. The van der Waals surface area contributed by atoms with Gasteiger partial charge in [-0.1, -0.05) is 18.6 Å². The Morgan fingerprint density at radius 3 is 2.72 bits per heavy atom. The standard InChI is InChI=1S/C13H18N2O3/c1-8-3-4-11(14)10(5-8)13(18)15-7-9(2)6-12(16)17/h3-5,9H,6-7,14H2,1-2H3,(H,15,18)(H,16,17). The van der Waals surface area contributed by atoms with Crippen LogP contribution in [0.25, 0.3) is 0 Å². The number of carboxylic acids is 1. The molecule has 0 aliphatic heterocycles. The van der Waals surface area contributed by atoms with Gasteiger partial charge in [0.15, 0.2) is 0 Å². The van der Waals surface area contributed by atoms with Crippen LogP contribution in [-0.4, -0.2) is 23.5 Å². The summed E-state index contributed by atoms with van der Waals surface area (Å²) in [7, 11) is 0. The van der Waals surface area contributed by atoms with Crippen LogP contribution in [0.3, 0.4) is 0 Å². The molecule has 18 heavy (non-hydrogen) atoms. The van der Waals surface area contributed by atoms with E-state index in [2.05, 4.69) is 5.32 Å². The maximum atomic E-state index is 11.9. The van der Waals surface area contributed by atoms with Gasteiger partial charge in [-0.25, -0.2) is 0 Å². The Morgan fingerprint density at radius 2 is 2.11 bits per heavy atom. The summed E-state index contributed by atoms with van der Waals surface area (Å²) in [6.45, 7) is 3.97. The molecule has 5 heteroatoms. The minimum Gasteiger partial charge on any atom is -0.481 e. The van der Waals surface area contributed by atoms with Gasteiger partial charge in [-0.3, -0.25) is 9.59 Å². The molecule has 5 nitrogen and oxygen atoms in total. The van der Waals surface area contributed by atoms with Crippen LogP contribution in [0.4, 0.5) is 5.69 Å². The Morgan fingerprint density at radius 1 is 1.44 bits per heavy atom. The summed E-state index contributed by atoms with van der Waals surface area (Å²) in [5.41, 5.74) is 7.52. The van der Waals surface area contributed by atoms with Gasteiger partial charge < -0.3 is 16.2 Å². The maximum absolute atomic E-state index is 11.9. The number of nitrogen functional groups attached to an aromatic ring is 1. The van der Waals surface area contributed by atoms with E-state index >= 15 is 0 Å². The van der Waals surface area contributed by atoms with E-state index in [0.717, 1.165) is 5.56 Å². The molecule has 1 aromatic rings. The highest BCUT2D eigenvalue weighted by Gasteiger charge is 2.12. The molecule has 0 spiro atoms. The molecule has 0 radical (unpaired) electrons. The van der Waals surface area contributed by atoms with Gasteiger partial charge >= 0.3 is 5.97 Å². The van der Waals surface area contributed by atoms with E-state index in [4.69, 9.17) is 10.8 Å². The zero-order valence-corrected chi connectivity index (χ0v) is 10.6. The van der Waals surface area contributed by atoms with Crippen LogP contribution < -0.4 is 11.1 Å². The Bertz CT molecular complexity index is 458. The molecule has 1 rings (SSSR count). The topological polar surface area (TPSA) is 92.4 Å². The first kappa shape index (κ1) is 14.0. The van der Waals surface area contributed by atoms with E-state index in [9.17, 15) is 9.59 Å². The summed E-state index contributed by atoms with van der Waals surface area (Å²) in [4.78, 5) is 22.4. The molecule has 0 saturated heterocycles. The third-order valence-electron chi connectivity index (χ3n) is 2.59. The molecule has 0 saturated carbocycles. The quantitative estimate of drug-likeness (QED) is 0.689. The van der Waals surface area contributed by atoms with E-state index in [-0.39, 0.29) is 18.2 Å². The SMILES string of the molecule is Cc1ccc(N)c(C(=O)NCC(C)CC(=O)O)c1. The minimum atomic E-state index is -0.869. The molecule has 0 aliphatic carbocycles. The number of carbonyl (C=O) groups is 2. The molecule has 1 unspecified atom stereocenters. The van der Waals surface area contributed by atoms with Crippen LogP contribution in [0.5, 0.6) is 0 Å². The van der Waals surface area contributed by atoms with Crippen molar-refractivity contribution in [1.82, 2.24) is 5.32 Å². The number of carboxylic acid groups (broad SMARTS) is 1. The van der Waals surface area contributed by atoms with Crippen LogP contribution in [0.2, 0.25) is 0 Å². The second kappa shape index (κ2) is 6.05. The van der Waals surface area contributed by atoms with Crippen molar-refractivity contribution in [3.8, 4) is 0 Å². The molecule has 4 N–H and O–H groups in total. The number of hydrogen-bond acceptors (Lipinski definition) is 3. The van der Waals surface area contributed by atoms with Crippen molar-refractivity contribution >= 4 is 17.6 Å². The largest absolute Gasteiger partial charge is 0.481 e. The zero-order chi connectivity index (χ0) is 13.7. The van der Waals surface area contributed by atoms with E-state index in [1.807, 2.05) is 13.0 Å². The number of aliphatic carboxylic acids is 1. The molecular formula is C13H18N2O3. The van der Waals surface area contributed by atoms with Crippen molar-refractivity contribution in [2.45, 2.75) is 20.3 Å². The van der Waals surface area contributed by atoms with E-state index in [0.29, 0.717) is 17.8 Å². The number of hydrogen-bond donors (Lipinski definition) is 3. The molecule has 0 aliphatic rings. The van der Waals surface area contributed by atoms with Crippen molar-refractivity contribution in [2.24, 2.45) is 5.92 Å². The summed E-state index contributed by atoms with van der Waals surface area (Å²) < 4.78 is 0. The smallest absolute Gasteiger partial charge is 0.303 e. The molecule has 0 fully saturated rings. The lowest BCUT2D eigenvalue weighted by Crippen LogP contribution is -2.29. The highest BCUT2D eigenvalue weighted by molar-refractivity contribution is 5.99. The highest BCUT2D eigenvalue weighted by Crippen LogP contribution is 2.13. The lowest BCUT2D eigenvalue weighted by atomic mass is 10.1. The number of aryl methyl sites for hydroxylation is 1. The average Bonchev–Trinajstić information content (AvgIpc) is 2.28. The van der Waals surface area contributed by atoms with Gasteiger partial charge in [-0.15, -0.1) is 0 Å². The summed E-state index contributed by atoms with van der Waals surface area (Å²) in [5, 5.41) is 11.3. The van der Waals surface area contributed by atoms with Crippen molar-refractivity contribution in [2.75, 3.05) is 12.3 Å². The molecule has 0 bridgehead atoms. The zero-order valence-electron chi connectivity index (χ0n) is 10.6. The third kappa shape index (κ3) is 4.08. The lowest BCUT2D eigenvalue weighted by Gasteiger charge is -2.11. The van der Waals surface area contributed by atoms with Crippen LogP contribution in [0, 0.1) is 12.8 Å². The third-order valence-corrected chi connectivity index (χ3v) is 2.59. The molecule has 1 amide bonds. The van der Waals surface area contributed by atoms with Crippen molar-refractivity contribution in [1.29, 1.82) is 0 Å². The van der Waals surface area contributed by atoms with E-state index in [1.165, 1.54) is 0 Å². The lowest BCUT2D eigenvalue weighted by molar-refractivity contribution is -0.137. The van der Waals surface area contributed by atoms with Gasteiger partial charge in [-0.2, -0.15) is 0 Å². The van der Waals surface area contributed by atoms with E-state index < -0.39 is 5.97 Å². The minimum absolute atomic E-state index is 0.0313. The number of rotatable bonds is 5. The molecule has 1 atom stereocenters. The first-order valence-electron chi connectivity index (χ1n) is 5.76. The molecule has 98 valence electrons. The average molecular weight is 250 g/mol. The van der Waals surface area contributed by atoms with Crippen LogP contribution in [0.1, 0.15) is 29.3 Å². The molecule has 0 heterocycles. The van der Waals surface area contributed by atoms with Crippen LogP contribution in [0.15, 0.2) is 18.2 Å². The molecule has 0 aromatic heterocycles. The number of benzene rings is 1. The predicted molar refractivity (Wildman–Crippen MR) is 69.3 cm³/mol. The Hall–Kier alpha value is -2.04. The predicted octanol–water partition coefficient (Wildman–Crippen LogP) is 1.42. The Kier molecular flexibility index (Phi) is 4.71. The number of carbonyl (C=O) groups excluding carboxylic acids is 1. The van der Waals surface area contributed by atoms with Crippen LogP contribution in [-0.2, 0) is 4.79 Å². The van der Waals surface area contributed by atoms with Gasteiger partial charge in [0.1, 0.15) is 0 Å². The van der Waals surface area contributed by atoms with E-state index in [1.54, 1.807) is 19.1 Å². The fourth-order valence-electron chi connectivity index (χ4n) is 1.60. The highest BCUT2D eigenvalue weighted by atomic mass is 16.4. The van der Waals surface area contributed by atoms with Gasteiger partial charge in [0, 0.05) is 18.7 Å². The fourth-order valence-corrected chi connectivity index (χ4v) is 1.60. The molecular weight excluding hydrogens is 232 g/mol. The first-order valence-corrected chi connectivity index (χ1v) is 5.76. The summed E-state index contributed by atoms with van der Waals surface area (Å²) in [5.74, 6) is -1.25. The number of nitrogens with two attached hydrogens (primary N) is 1. The Balaban J connectivity index is 2.60. The van der Waals surface area contributed by atoms with Crippen molar-refractivity contribution in [3.63, 3.8) is 0 Å². The summed E-state index contributed by atoms with van der Waals surface area (Å²) >= 11 is 0. The first-order chi connectivity index (χ1) is 8.40. The van der Waals surface area contributed by atoms with Gasteiger partial charge in [-0.05, 0) is 25.0 Å². The van der Waals surface area contributed by atoms with Crippen LogP contribution >= 0.6 is 0 Å². The van der Waals surface area contributed by atoms with Gasteiger partial charge in [0.2, 0.25) is 0 Å². The second-order valence-electron chi connectivity index (χ2n) is 4.50. The maximum Gasteiger partial charge on any atom is 0.303 e. The van der Waals surface area contributed by atoms with Gasteiger partial charge in [0.25, 0.3) is 5.91 Å². The second-order valence-corrected chi connectivity index (χ2v) is 4.50. The van der Waals surface area contributed by atoms with Gasteiger partial charge in [0.05, 0.1) is 5.56 Å². The summed E-state index contributed by atoms with van der Waals surface area (Å²) in [6, 6.07) is 5.23. The summed E-state index contributed by atoms with van der Waals surface area (Å²) in [6.07, 6.45) is 0.0313. The monoisotopic (exact) mass is 250 g/mol. The van der Waals surface area contributed by atoms with Crippen molar-refractivity contribution in [3.05, 3.63) is 29.3 Å². The molecule has 1 aromatic carbocycles. The number of anilines is 1.